The molecular formula is C18H20F2N2O3S. The maximum atomic E-state index is 14.4. The molecule has 0 radical (unpaired) electrons. The van der Waals surface area contributed by atoms with E-state index in [0.29, 0.717) is 10.8 Å². The summed E-state index contributed by atoms with van der Waals surface area (Å²) in [5.41, 5.74) is 1.04. The van der Waals surface area contributed by atoms with E-state index in [2.05, 4.69) is 5.32 Å². The van der Waals surface area contributed by atoms with E-state index >= 15 is 0 Å². The van der Waals surface area contributed by atoms with Crippen molar-refractivity contribution < 1.29 is 23.0 Å². The van der Waals surface area contributed by atoms with Crippen LogP contribution >= 0.6 is 12.2 Å². The molecule has 1 heterocycles. The average Bonchev–Trinajstić information content (AvgIpc) is 3.39. The van der Waals surface area contributed by atoms with Crippen molar-refractivity contribution in [2.75, 3.05) is 20.3 Å². The summed E-state index contributed by atoms with van der Waals surface area (Å²) in [4.78, 5) is 14.6. The number of hydrogen-bond acceptors (Lipinski definition) is 4. The SMILES string of the molecule is COCCOC(=O)C1=C(C)N(C2CC2)C(=S)N[C@H]1c1ccc(F)cc1F. The van der Waals surface area contributed by atoms with Gasteiger partial charge in [0.25, 0.3) is 0 Å². The van der Waals surface area contributed by atoms with Crippen LogP contribution in [0.2, 0.25) is 0 Å². The largest absolute Gasteiger partial charge is 0.460 e. The molecule has 1 aromatic rings. The third-order valence-electron chi connectivity index (χ3n) is 4.45. The normalized spacial score (nSPS) is 20.2. The highest BCUT2D eigenvalue weighted by Crippen LogP contribution is 2.38. The first-order chi connectivity index (χ1) is 12.4. The Morgan fingerprint density at radius 2 is 2.08 bits per heavy atom. The zero-order valence-corrected chi connectivity index (χ0v) is 15.4. The van der Waals surface area contributed by atoms with Crippen LogP contribution in [0.5, 0.6) is 0 Å². The molecular weight excluding hydrogens is 362 g/mol. The van der Waals surface area contributed by atoms with E-state index in [1.54, 1.807) is 6.92 Å². The zero-order valence-electron chi connectivity index (χ0n) is 14.6. The zero-order chi connectivity index (χ0) is 18.8. The van der Waals surface area contributed by atoms with Gasteiger partial charge in [0.05, 0.1) is 18.2 Å². The Bertz CT molecular complexity index is 765. The highest BCUT2D eigenvalue weighted by molar-refractivity contribution is 7.80. The molecule has 1 aliphatic carbocycles. The van der Waals surface area contributed by atoms with Crippen molar-refractivity contribution in [3.8, 4) is 0 Å². The van der Waals surface area contributed by atoms with Gasteiger partial charge in [-0.3, -0.25) is 0 Å². The molecule has 5 nitrogen and oxygen atoms in total. The van der Waals surface area contributed by atoms with Crippen LogP contribution in [0.1, 0.15) is 31.4 Å². The van der Waals surface area contributed by atoms with Gasteiger partial charge >= 0.3 is 5.97 Å². The number of halogens is 2. The van der Waals surface area contributed by atoms with Crippen molar-refractivity contribution in [1.82, 2.24) is 10.2 Å². The summed E-state index contributed by atoms with van der Waals surface area (Å²) < 4.78 is 37.8. The van der Waals surface area contributed by atoms with E-state index in [-0.39, 0.29) is 30.4 Å². The second kappa shape index (κ2) is 7.67. The third kappa shape index (κ3) is 3.71. The van der Waals surface area contributed by atoms with Crippen LogP contribution in [0, 0.1) is 11.6 Å². The summed E-state index contributed by atoms with van der Waals surface area (Å²) in [7, 11) is 1.50. The number of allylic oxidation sites excluding steroid dienone is 1. The molecule has 1 aliphatic heterocycles. The van der Waals surface area contributed by atoms with E-state index in [1.165, 1.54) is 13.2 Å². The van der Waals surface area contributed by atoms with Gasteiger partial charge < -0.3 is 19.7 Å². The van der Waals surface area contributed by atoms with Crippen LogP contribution < -0.4 is 5.32 Å². The first-order valence-electron chi connectivity index (χ1n) is 8.35. The topological polar surface area (TPSA) is 50.8 Å². The fourth-order valence-electron chi connectivity index (χ4n) is 3.06. The fraction of sp³-hybridized carbons (Fsp3) is 0.444. The Labute approximate surface area is 155 Å². The second-order valence-corrected chi connectivity index (χ2v) is 6.66. The quantitative estimate of drug-likeness (QED) is 0.464. The molecule has 1 saturated carbocycles. The minimum atomic E-state index is -0.840. The van der Waals surface area contributed by atoms with Gasteiger partial charge in [-0.2, -0.15) is 0 Å². The number of hydrogen-bond donors (Lipinski definition) is 1. The van der Waals surface area contributed by atoms with Crippen molar-refractivity contribution in [3.05, 3.63) is 46.7 Å². The van der Waals surface area contributed by atoms with Gasteiger partial charge in [-0.15, -0.1) is 0 Å². The molecule has 26 heavy (non-hydrogen) atoms. The number of benzene rings is 1. The Kier molecular flexibility index (Phi) is 5.52. The number of rotatable bonds is 6. The minimum Gasteiger partial charge on any atom is -0.460 e. The van der Waals surface area contributed by atoms with E-state index < -0.39 is 23.6 Å². The van der Waals surface area contributed by atoms with E-state index in [1.807, 2.05) is 4.90 Å². The van der Waals surface area contributed by atoms with Gasteiger partial charge in [0.1, 0.15) is 18.2 Å². The fourth-order valence-corrected chi connectivity index (χ4v) is 3.46. The predicted octanol–water partition coefficient (Wildman–Crippen LogP) is 2.82. The summed E-state index contributed by atoms with van der Waals surface area (Å²) in [6.07, 6.45) is 1.95. The standard InChI is InChI=1S/C18H20F2N2O3S/c1-10-15(17(23)25-8-7-24-2)16(13-6-3-11(19)9-14(13)20)21-18(26)22(10)12-4-5-12/h3,6,9,12,16H,4-5,7-8H2,1-2H3,(H,21,26)/t16-/m0/s1. The maximum Gasteiger partial charge on any atom is 0.338 e. The molecule has 0 saturated heterocycles. The van der Waals surface area contributed by atoms with Crippen molar-refractivity contribution in [3.63, 3.8) is 0 Å². The monoisotopic (exact) mass is 382 g/mol. The van der Waals surface area contributed by atoms with Crippen LogP contribution in [0.15, 0.2) is 29.5 Å². The van der Waals surface area contributed by atoms with Crippen LogP contribution in [0.3, 0.4) is 0 Å². The Morgan fingerprint density at radius 3 is 2.69 bits per heavy atom. The molecule has 140 valence electrons. The lowest BCUT2D eigenvalue weighted by molar-refractivity contribution is -0.140. The Hall–Kier alpha value is -2.06. The van der Waals surface area contributed by atoms with E-state index in [0.717, 1.165) is 25.0 Å². The van der Waals surface area contributed by atoms with Crippen molar-refractivity contribution in [2.24, 2.45) is 0 Å². The number of carbonyl (C=O) groups is 1. The first-order valence-corrected chi connectivity index (χ1v) is 8.76. The minimum absolute atomic E-state index is 0.0820. The van der Waals surface area contributed by atoms with E-state index in [9.17, 15) is 13.6 Å². The number of ether oxygens (including phenoxy) is 2. The smallest absolute Gasteiger partial charge is 0.338 e. The molecule has 3 rings (SSSR count). The first kappa shape index (κ1) is 18.7. The molecule has 2 aliphatic rings. The molecule has 0 spiro atoms. The van der Waals surface area contributed by atoms with Gasteiger partial charge in [0.15, 0.2) is 5.11 Å². The van der Waals surface area contributed by atoms with Crippen molar-refractivity contribution >= 4 is 23.3 Å². The highest BCUT2D eigenvalue weighted by Gasteiger charge is 2.41. The summed E-state index contributed by atoms with van der Waals surface area (Å²) in [6, 6.07) is 2.65. The third-order valence-corrected chi connectivity index (χ3v) is 4.77. The molecule has 0 aromatic heterocycles. The van der Waals surface area contributed by atoms with Crippen molar-refractivity contribution in [2.45, 2.75) is 31.8 Å². The predicted molar refractivity (Wildman–Crippen MR) is 95.2 cm³/mol. The van der Waals surface area contributed by atoms with Gasteiger partial charge in [0.2, 0.25) is 0 Å². The summed E-state index contributed by atoms with van der Waals surface area (Å²) in [5, 5.41) is 3.44. The number of thiocarbonyl (C=S) groups is 1. The molecule has 1 aromatic carbocycles. The Balaban J connectivity index is 2.00. The summed E-state index contributed by atoms with van der Waals surface area (Å²) >= 11 is 5.42. The van der Waals surface area contributed by atoms with E-state index in [4.69, 9.17) is 21.7 Å². The maximum absolute atomic E-state index is 14.4. The molecule has 1 N–H and O–H groups in total. The van der Waals surface area contributed by atoms with Crippen LogP contribution in [0.4, 0.5) is 8.78 Å². The van der Waals surface area contributed by atoms with Crippen molar-refractivity contribution in [1.29, 1.82) is 0 Å². The number of carbonyl (C=O) groups excluding carboxylic acids is 1. The molecule has 1 fully saturated rings. The number of nitrogens with one attached hydrogen (secondary N) is 1. The molecule has 0 unspecified atom stereocenters. The van der Waals surface area contributed by atoms with Gasteiger partial charge in [-0.05, 0) is 38.0 Å². The van der Waals surface area contributed by atoms with Crippen LogP contribution in [-0.2, 0) is 14.3 Å². The molecule has 8 heteroatoms. The summed E-state index contributed by atoms with van der Waals surface area (Å²) in [5.74, 6) is -2.01. The number of methoxy groups -OCH3 is 1. The molecule has 0 bridgehead atoms. The van der Waals surface area contributed by atoms with Crippen LogP contribution in [0.25, 0.3) is 0 Å². The lowest BCUT2D eigenvalue weighted by Gasteiger charge is -2.37. The number of esters is 1. The molecule has 0 amide bonds. The second-order valence-electron chi connectivity index (χ2n) is 6.28. The lowest BCUT2D eigenvalue weighted by Crippen LogP contribution is -2.49. The van der Waals surface area contributed by atoms with Crippen LogP contribution in [-0.4, -0.2) is 42.3 Å². The van der Waals surface area contributed by atoms with Gasteiger partial charge in [-0.25, -0.2) is 13.6 Å². The van der Waals surface area contributed by atoms with Gasteiger partial charge in [0, 0.05) is 30.5 Å². The van der Waals surface area contributed by atoms with Gasteiger partial charge in [-0.1, -0.05) is 6.07 Å². The lowest BCUT2D eigenvalue weighted by atomic mass is 9.94. The number of nitrogens with zero attached hydrogens (tertiary/aromatic N) is 1. The highest BCUT2D eigenvalue weighted by atomic mass is 32.1. The molecule has 1 atom stereocenters. The summed E-state index contributed by atoms with van der Waals surface area (Å²) in [6.45, 7) is 2.11. The Morgan fingerprint density at radius 1 is 1.35 bits per heavy atom. The average molecular weight is 382 g/mol.